The van der Waals surface area contributed by atoms with Crippen LogP contribution in [0.15, 0.2) is 30.3 Å². The largest absolute Gasteiger partial charge is 0.330 e. The van der Waals surface area contributed by atoms with Gasteiger partial charge in [0.2, 0.25) is 0 Å². The predicted molar refractivity (Wildman–Crippen MR) is 71.6 cm³/mol. The van der Waals surface area contributed by atoms with Gasteiger partial charge >= 0.3 is 0 Å². The van der Waals surface area contributed by atoms with Crippen LogP contribution in [0, 0.1) is 5.92 Å². The first-order valence-corrected chi connectivity index (χ1v) is 6.81. The van der Waals surface area contributed by atoms with E-state index in [4.69, 9.17) is 5.73 Å². The van der Waals surface area contributed by atoms with E-state index in [0.717, 1.165) is 19.6 Å². The maximum absolute atomic E-state index is 5.79. The van der Waals surface area contributed by atoms with Crippen LogP contribution >= 0.6 is 15.9 Å². The average molecular weight is 283 g/mol. The Balaban J connectivity index is 1.92. The van der Waals surface area contributed by atoms with Crippen LogP contribution < -0.4 is 5.73 Å². The zero-order valence-corrected chi connectivity index (χ0v) is 11.1. The SMILES string of the molecule is NCC1CN(Cc2ccccc2)CCC1Br. The normalized spacial score (nSPS) is 26.9. The van der Waals surface area contributed by atoms with Crippen molar-refractivity contribution in [1.82, 2.24) is 4.90 Å². The van der Waals surface area contributed by atoms with Crippen LogP contribution in [0.2, 0.25) is 0 Å². The van der Waals surface area contributed by atoms with E-state index >= 15 is 0 Å². The van der Waals surface area contributed by atoms with Gasteiger partial charge in [0.25, 0.3) is 0 Å². The number of alkyl halides is 1. The molecule has 0 radical (unpaired) electrons. The minimum atomic E-state index is 0.595. The highest BCUT2D eigenvalue weighted by Gasteiger charge is 2.25. The number of nitrogens with zero attached hydrogens (tertiary/aromatic N) is 1. The van der Waals surface area contributed by atoms with Gasteiger partial charge in [-0.25, -0.2) is 0 Å². The number of piperidine rings is 1. The number of hydrogen-bond acceptors (Lipinski definition) is 2. The quantitative estimate of drug-likeness (QED) is 0.862. The fourth-order valence-electron chi connectivity index (χ4n) is 2.29. The minimum Gasteiger partial charge on any atom is -0.330 e. The lowest BCUT2D eigenvalue weighted by Crippen LogP contribution is -2.43. The van der Waals surface area contributed by atoms with Gasteiger partial charge < -0.3 is 5.73 Å². The second-order valence-corrected chi connectivity index (χ2v) is 5.70. The Morgan fingerprint density at radius 3 is 2.75 bits per heavy atom. The lowest BCUT2D eigenvalue weighted by atomic mass is 9.97. The van der Waals surface area contributed by atoms with Gasteiger partial charge in [-0.3, -0.25) is 4.90 Å². The number of nitrogens with two attached hydrogens (primary N) is 1. The molecule has 2 atom stereocenters. The van der Waals surface area contributed by atoms with Crippen molar-refractivity contribution >= 4 is 15.9 Å². The van der Waals surface area contributed by atoms with E-state index in [9.17, 15) is 0 Å². The van der Waals surface area contributed by atoms with Crippen molar-refractivity contribution in [1.29, 1.82) is 0 Å². The predicted octanol–water partition coefficient (Wildman–Crippen LogP) is 2.23. The monoisotopic (exact) mass is 282 g/mol. The molecule has 0 saturated carbocycles. The van der Waals surface area contributed by atoms with Crippen molar-refractivity contribution in [3.8, 4) is 0 Å². The number of likely N-dealkylation sites (tertiary alicyclic amines) is 1. The standard InChI is InChI=1S/C13H19BrN2/c14-13-6-7-16(10-12(13)8-15)9-11-4-2-1-3-5-11/h1-5,12-13H,6-10,15H2. The summed E-state index contributed by atoms with van der Waals surface area (Å²) in [5.41, 5.74) is 7.19. The zero-order chi connectivity index (χ0) is 11.4. The third kappa shape index (κ3) is 3.06. The third-order valence-corrected chi connectivity index (χ3v) is 4.48. The molecule has 1 aromatic rings. The summed E-state index contributed by atoms with van der Waals surface area (Å²) in [4.78, 5) is 3.11. The van der Waals surface area contributed by atoms with Crippen LogP contribution in [0.25, 0.3) is 0 Å². The lowest BCUT2D eigenvalue weighted by molar-refractivity contribution is 0.178. The van der Waals surface area contributed by atoms with E-state index in [2.05, 4.69) is 51.2 Å². The topological polar surface area (TPSA) is 29.3 Å². The summed E-state index contributed by atoms with van der Waals surface area (Å²) < 4.78 is 0. The third-order valence-electron chi connectivity index (χ3n) is 3.28. The summed E-state index contributed by atoms with van der Waals surface area (Å²) in [7, 11) is 0. The van der Waals surface area contributed by atoms with Gasteiger partial charge in [-0.05, 0) is 31.0 Å². The molecule has 0 bridgehead atoms. The van der Waals surface area contributed by atoms with Crippen molar-refractivity contribution in [3.63, 3.8) is 0 Å². The number of hydrogen-bond donors (Lipinski definition) is 1. The van der Waals surface area contributed by atoms with Gasteiger partial charge in [0.1, 0.15) is 0 Å². The van der Waals surface area contributed by atoms with Crippen molar-refractivity contribution in [3.05, 3.63) is 35.9 Å². The maximum Gasteiger partial charge on any atom is 0.0233 e. The Kier molecular flexibility index (Phi) is 4.38. The van der Waals surface area contributed by atoms with Gasteiger partial charge in [0, 0.05) is 17.9 Å². The first kappa shape index (κ1) is 12.1. The summed E-state index contributed by atoms with van der Waals surface area (Å²) in [6, 6.07) is 10.7. The smallest absolute Gasteiger partial charge is 0.0233 e. The molecular weight excluding hydrogens is 264 g/mol. The molecule has 3 heteroatoms. The molecule has 1 aliphatic heterocycles. The molecule has 1 aliphatic rings. The van der Waals surface area contributed by atoms with Crippen LogP contribution in [0.1, 0.15) is 12.0 Å². The summed E-state index contributed by atoms with van der Waals surface area (Å²) in [5, 5.41) is 0. The molecule has 0 spiro atoms. The van der Waals surface area contributed by atoms with Gasteiger partial charge in [-0.1, -0.05) is 46.3 Å². The summed E-state index contributed by atoms with van der Waals surface area (Å²) >= 11 is 3.72. The summed E-state index contributed by atoms with van der Waals surface area (Å²) in [6.45, 7) is 4.11. The van der Waals surface area contributed by atoms with E-state index < -0.39 is 0 Å². The van der Waals surface area contributed by atoms with Crippen LogP contribution in [0.4, 0.5) is 0 Å². The first-order chi connectivity index (χ1) is 7.79. The Hall–Kier alpha value is -0.380. The first-order valence-electron chi connectivity index (χ1n) is 5.90. The van der Waals surface area contributed by atoms with Crippen LogP contribution in [-0.2, 0) is 6.54 Å². The molecule has 0 amide bonds. The van der Waals surface area contributed by atoms with Crippen molar-refractivity contribution in [2.24, 2.45) is 11.7 Å². The molecule has 1 fully saturated rings. The summed E-state index contributed by atoms with van der Waals surface area (Å²) in [6.07, 6.45) is 1.20. The molecule has 0 aliphatic carbocycles. The number of halogens is 1. The van der Waals surface area contributed by atoms with E-state index in [1.165, 1.54) is 18.5 Å². The molecule has 16 heavy (non-hydrogen) atoms. The molecular formula is C13H19BrN2. The van der Waals surface area contributed by atoms with Crippen molar-refractivity contribution in [2.45, 2.75) is 17.8 Å². The zero-order valence-electron chi connectivity index (χ0n) is 9.48. The molecule has 2 nitrogen and oxygen atoms in total. The van der Waals surface area contributed by atoms with Crippen LogP contribution in [-0.4, -0.2) is 29.4 Å². The van der Waals surface area contributed by atoms with E-state index in [1.54, 1.807) is 0 Å². The summed E-state index contributed by atoms with van der Waals surface area (Å²) in [5.74, 6) is 0.595. The molecule has 2 N–H and O–H groups in total. The average Bonchev–Trinajstić information content (AvgIpc) is 2.33. The van der Waals surface area contributed by atoms with Crippen LogP contribution in [0.5, 0.6) is 0 Å². The minimum absolute atomic E-state index is 0.595. The van der Waals surface area contributed by atoms with E-state index in [1.807, 2.05) is 0 Å². The van der Waals surface area contributed by atoms with Crippen LogP contribution in [0.3, 0.4) is 0 Å². The number of benzene rings is 1. The molecule has 2 unspecified atom stereocenters. The van der Waals surface area contributed by atoms with E-state index in [0.29, 0.717) is 10.7 Å². The van der Waals surface area contributed by atoms with Crippen molar-refractivity contribution < 1.29 is 0 Å². The fourth-order valence-corrected chi connectivity index (χ4v) is 2.87. The van der Waals surface area contributed by atoms with Gasteiger partial charge in [-0.15, -0.1) is 0 Å². The molecule has 1 aromatic carbocycles. The molecule has 88 valence electrons. The van der Waals surface area contributed by atoms with Crippen molar-refractivity contribution in [2.75, 3.05) is 19.6 Å². The molecule has 1 heterocycles. The van der Waals surface area contributed by atoms with Gasteiger partial charge in [-0.2, -0.15) is 0 Å². The maximum atomic E-state index is 5.79. The lowest BCUT2D eigenvalue weighted by Gasteiger charge is -2.35. The van der Waals surface area contributed by atoms with Gasteiger partial charge in [0.05, 0.1) is 0 Å². The van der Waals surface area contributed by atoms with E-state index in [-0.39, 0.29) is 0 Å². The highest BCUT2D eigenvalue weighted by molar-refractivity contribution is 9.09. The fraction of sp³-hybridized carbons (Fsp3) is 0.538. The second kappa shape index (κ2) is 5.80. The Bertz CT molecular complexity index is 315. The Morgan fingerprint density at radius 1 is 1.31 bits per heavy atom. The Labute approximate surface area is 106 Å². The highest BCUT2D eigenvalue weighted by Crippen LogP contribution is 2.24. The molecule has 2 rings (SSSR count). The second-order valence-electron chi connectivity index (χ2n) is 4.52. The molecule has 1 saturated heterocycles. The van der Waals surface area contributed by atoms with Gasteiger partial charge in [0.15, 0.2) is 0 Å². The number of rotatable bonds is 3. The highest BCUT2D eigenvalue weighted by atomic mass is 79.9. The Morgan fingerprint density at radius 2 is 2.06 bits per heavy atom. The molecule has 0 aromatic heterocycles.